The second kappa shape index (κ2) is 11.2. The van der Waals surface area contributed by atoms with Crippen LogP contribution in [-0.4, -0.2) is 62.2 Å². The summed E-state index contributed by atoms with van der Waals surface area (Å²) in [6, 6.07) is 17.4. The molecule has 2 aliphatic rings. The van der Waals surface area contributed by atoms with Crippen LogP contribution in [0.2, 0.25) is 0 Å². The van der Waals surface area contributed by atoms with Crippen molar-refractivity contribution in [3.8, 4) is 11.5 Å². The van der Waals surface area contributed by atoms with E-state index in [2.05, 4.69) is 0 Å². The molecule has 3 aromatic rings. The average molecular weight is 533 g/mol. The van der Waals surface area contributed by atoms with Crippen LogP contribution in [0.15, 0.2) is 72.3 Å². The summed E-state index contributed by atoms with van der Waals surface area (Å²) in [6.07, 6.45) is 0. The van der Waals surface area contributed by atoms with Gasteiger partial charge in [-0.3, -0.25) is 9.59 Å². The maximum absolute atomic E-state index is 13.2. The number of carbonyl (C=O) groups excluding carboxylic acids is 2. The minimum absolute atomic E-state index is 0.00964. The molecule has 202 valence electrons. The number of hydrogen-bond donors (Lipinski definition) is 1. The molecule has 1 unspecified atom stereocenters. The van der Waals surface area contributed by atoms with E-state index in [0.29, 0.717) is 35.8 Å². The Kier molecular flexibility index (Phi) is 7.51. The third-order valence-corrected chi connectivity index (χ3v) is 6.92. The van der Waals surface area contributed by atoms with Crippen LogP contribution < -0.4 is 14.4 Å². The van der Waals surface area contributed by atoms with Gasteiger partial charge in [-0.1, -0.05) is 24.3 Å². The molecule has 0 aromatic heterocycles. The number of amides is 1. The van der Waals surface area contributed by atoms with Crippen molar-refractivity contribution in [2.24, 2.45) is 0 Å². The third kappa shape index (κ3) is 5.31. The van der Waals surface area contributed by atoms with E-state index >= 15 is 0 Å². The molecule has 1 N–H and O–H groups in total. The van der Waals surface area contributed by atoms with Gasteiger partial charge in [0.25, 0.3) is 11.7 Å². The number of anilines is 1. The highest BCUT2D eigenvalue weighted by Gasteiger charge is 2.46. The summed E-state index contributed by atoms with van der Waals surface area (Å²) in [4.78, 5) is 29.7. The normalized spacial score (nSPS) is 18.2. The quantitative estimate of drug-likeness (QED) is 0.263. The molecule has 9 heteroatoms. The van der Waals surface area contributed by atoms with Gasteiger partial charge in [-0.2, -0.15) is 0 Å². The largest absolute Gasteiger partial charge is 0.507 e. The predicted octanol–water partition coefficient (Wildman–Crippen LogP) is 4.30. The molecule has 2 heterocycles. The van der Waals surface area contributed by atoms with Crippen molar-refractivity contribution in [3.63, 3.8) is 0 Å². The molecule has 1 atom stereocenters. The summed E-state index contributed by atoms with van der Waals surface area (Å²) in [5.74, 6) is -0.772. The Balaban J connectivity index is 1.48. The molecule has 5 rings (SSSR count). The Hall–Kier alpha value is -4.37. The van der Waals surface area contributed by atoms with E-state index in [1.54, 1.807) is 54.6 Å². The fourth-order valence-corrected chi connectivity index (χ4v) is 4.79. The van der Waals surface area contributed by atoms with E-state index in [1.807, 2.05) is 11.9 Å². The van der Waals surface area contributed by atoms with E-state index in [9.17, 15) is 19.1 Å². The number of aliphatic hydroxyl groups is 1. The number of likely N-dealkylation sites (N-methyl/N-ethyl adjacent to an activating group) is 1. The van der Waals surface area contributed by atoms with Crippen LogP contribution in [0.4, 0.5) is 10.1 Å². The summed E-state index contributed by atoms with van der Waals surface area (Å²) in [5, 5.41) is 11.4. The molecule has 8 nitrogen and oxygen atoms in total. The molecule has 0 spiro atoms. The molecule has 0 radical (unpaired) electrons. The van der Waals surface area contributed by atoms with Crippen LogP contribution in [0, 0.1) is 5.82 Å². The van der Waals surface area contributed by atoms with Gasteiger partial charge in [-0.25, -0.2) is 4.39 Å². The Morgan fingerprint density at radius 1 is 1.08 bits per heavy atom. The first-order valence-electron chi connectivity index (χ1n) is 12.6. The smallest absolute Gasteiger partial charge is 0.295 e. The highest BCUT2D eigenvalue weighted by Crippen LogP contribution is 2.41. The van der Waals surface area contributed by atoms with Gasteiger partial charge in [-0.15, -0.1) is 0 Å². The van der Waals surface area contributed by atoms with Crippen LogP contribution in [0.1, 0.15) is 22.7 Å². The Morgan fingerprint density at radius 2 is 1.82 bits per heavy atom. The predicted molar refractivity (Wildman–Crippen MR) is 143 cm³/mol. The molecule has 2 aliphatic heterocycles. The summed E-state index contributed by atoms with van der Waals surface area (Å²) in [6.45, 7) is 1.90. The second-order valence-corrected chi connectivity index (χ2v) is 9.42. The standard InChI is InChI=1S/C30H29FN2O6/c1-32-13-16-38-25-12-7-21(17-24(25)32)28(34)26-27(33(14-15-37-2)30(36)29(26)35)20-5-10-23(11-6-20)39-18-19-3-8-22(31)9-4-19/h3-12,17,27,34H,13-16,18H2,1-2H3/b28-26-. The Bertz CT molecular complexity index is 1400. The summed E-state index contributed by atoms with van der Waals surface area (Å²) >= 11 is 0. The fourth-order valence-electron chi connectivity index (χ4n) is 4.79. The monoisotopic (exact) mass is 532 g/mol. The Labute approximate surface area is 225 Å². The molecule has 1 fully saturated rings. The summed E-state index contributed by atoms with van der Waals surface area (Å²) < 4.78 is 29.9. The highest BCUT2D eigenvalue weighted by molar-refractivity contribution is 6.46. The zero-order valence-corrected chi connectivity index (χ0v) is 21.7. The maximum atomic E-state index is 13.2. The van der Waals surface area contributed by atoms with Crippen molar-refractivity contribution in [2.45, 2.75) is 12.6 Å². The van der Waals surface area contributed by atoms with Gasteiger partial charge >= 0.3 is 0 Å². The van der Waals surface area contributed by atoms with Gasteiger partial charge in [0.15, 0.2) is 0 Å². The molecule has 1 saturated heterocycles. The zero-order chi connectivity index (χ0) is 27.5. The molecule has 39 heavy (non-hydrogen) atoms. The molecule has 0 saturated carbocycles. The topological polar surface area (TPSA) is 88.5 Å². The average Bonchev–Trinajstić information content (AvgIpc) is 3.20. The van der Waals surface area contributed by atoms with E-state index in [0.717, 1.165) is 11.3 Å². The van der Waals surface area contributed by atoms with E-state index in [1.165, 1.54) is 24.1 Å². The van der Waals surface area contributed by atoms with Crippen molar-refractivity contribution in [1.82, 2.24) is 4.90 Å². The lowest BCUT2D eigenvalue weighted by molar-refractivity contribution is -0.140. The van der Waals surface area contributed by atoms with Crippen LogP contribution >= 0.6 is 0 Å². The number of carbonyl (C=O) groups is 2. The van der Waals surface area contributed by atoms with E-state index in [4.69, 9.17) is 14.2 Å². The maximum Gasteiger partial charge on any atom is 0.295 e. The van der Waals surface area contributed by atoms with Crippen molar-refractivity contribution in [2.75, 3.05) is 45.4 Å². The SMILES string of the molecule is COCCN1C(=O)C(=O)/C(=C(\O)c2ccc3c(c2)N(C)CCO3)C1c1ccc(OCc2ccc(F)cc2)cc1. The van der Waals surface area contributed by atoms with Gasteiger partial charge in [0, 0.05) is 26.3 Å². The number of fused-ring (bicyclic) bond motifs is 1. The zero-order valence-electron chi connectivity index (χ0n) is 21.7. The van der Waals surface area contributed by atoms with Gasteiger partial charge in [-0.05, 0) is 53.6 Å². The molecule has 0 bridgehead atoms. The first-order chi connectivity index (χ1) is 18.9. The minimum atomic E-state index is -0.809. The molecule has 0 aliphatic carbocycles. The van der Waals surface area contributed by atoms with Crippen molar-refractivity contribution in [3.05, 3.63) is 94.8 Å². The number of Topliss-reactive ketones (excluding diaryl/α,β-unsaturated/α-hetero) is 1. The number of methoxy groups -OCH3 is 1. The summed E-state index contributed by atoms with van der Waals surface area (Å²) in [7, 11) is 3.44. The van der Waals surface area contributed by atoms with Crippen LogP contribution in [0.25, 0.3) is 5.76 Å². The lowest BCUT2D eigenvalue weighted by Crippen LogP contribution is -2.32. The lowest BCUT2D eigenvalue weighted by atomic mass is 9.95. The van der Waals surface area contributed by atoms with Crippen LogP contribution in [0.5, 0.6) is 11.5 Å². The van der Waals surface area contributed by atoms with Crippen LogP contribution in [-0.2, 0) is 20.9 Å². The first kappa shape index (κ1) is 26.2. The highest BCUT2D eigenvalue weighted by atomic mass is 19.1. The molecule has 3 aromatic carbocycles. The van der Waals surface area contributed by atoms with Gasteiger partial charge < -0.3 is 29.1 Å². The second-order valence-electron chi connectivity index (χ2n) is 9.42. The third-order valence-electron chi connectivity index (χ3n) is 6.92. The fraction of sp³-hybridized carbons (Fsp3) is 0.267. The number of benzene rings is 3. The molecule has 1 amide bonds. The lowest BCUT2D eigenvalue weighted by Gasteiger charge is -2.28. The van der Waals surface area contributed by atoms with Crippen molar-refractivity contribution < 1.29 is 33.3 Å². The number of halogens is 1. The number of ketones is 1. The van der Waals surface area contributed by atoms with Crippen molar-refractivity contribution in [1.29, 1.82) is 0 Å². The van der Waals surface area contributed by atoms with E-state index < -0.39 is 17.7 Å². The van der Waals surface area contributed by atoms with Gasteiger partial charge in [0.05, 0.1) is 30.5 Å². The number of likely N-dealkylation sites (tertiary alicyclic amines) is 1. The van der Waals surface area contributed by atoms with Crippen molar-refractivity contribution >= 4 is 23.1 Å². The molecular weight excluding hydrogens is 503 g/mol. The number of ether oxygens (including phenoxy) is 3. The Morgan fingerprint density at radius 3 is 2.54 bits per heavy atom. The number of rotatable bonds is 8. The van der Waals surface area contributed by atoms with E-state index in [-0.39, 0.29) is 36.9 Å². The summed E-state index contributed by atoms with van der Waals surface area (Å²) in [5.41, 5.74) is 2.67. The van der Waals surface area contributed by atoms with Gasteiger partial charge in [0.2, 0.25) is 0 Å². The van der Waals surface area contributed by atoms with Gasteiger partial charge in [0.1, 0.15) is 36.3 Å². The first-order valence-corrected chi connectivity index (χ1v) is 12.6. The number of hydrogen-bond acceptors (Lipinski definition) is 7. The van der Waals surface area contributed by atoms with Crippen LogP contribution in [0.3, 0.4) is 0 Å². The number of nitrogens with zero attached hydrogens (tertiary/aromatic N) is 2. The number of aliphatic hydroxyl groups excluding tert-OH is 1. The molecular formula is C30H29FN2O6. The minimum Gasteiger partial charge on any atom is -0.507 e.